The van der Waals surface area contributed by atoms with Gasteiger partial charge in [0.2, 0.25) is 5.82 Å². The molecule has 1 aromatic rings. The van der Waals surface area contributed by atoms with Crippen molar-refractivity contribution in [3.05, 3.63) is 28.2 Å². The second kappa shape index (κ2) is 6.10. The van der Waals surface area contributed by atoms with Gasteiger partial charge in [-0.15, -0.1) is 0 Å². The van der Waals surface area contributed by atoms with Crippen LogP contribution in [0.5, 0.6) is 5.75 Å². The fraction of sp³-hybridized carbons (Fsp3) is 0.417. The molecule has 94 valence electrons. The second-order valence-corrected chi connectivity index (χ2v) is 4.68. The Hall–Kier alpha value is -0.970. The fourth-order valence-corrected chi connectivity index (χ4v) is 1.57. The van der Waals surface area contributed by atoms with E-state index in [0.717, 1.165) is 6.07 Å². The summed E-state index contributed by atoms with van der Waals surface area (Å²) in [6.45, 7) is 3.40. The molecule has 0 bridgehead atoms. The maximum atomic E-state index is 13.3. The van der Waals surface area contributed by atoms with Crippen LogP contribution >= 0.6 is 15.9 Å². The van der Waals surface area contributed by atoms with Gasteiger partial charge >= 0.3 is 0 Å². The van der Waals surface area contributed by atoms with E-state index < -0.39 is 11.6 Å². The number of carbonyl (C=O) groups is 1. The van der Waals surface area contributed by atoms with Crippen LogP contribution < -0.4 is 4.74 Å². The first-order valence-corrected chi connectivity index (χ1v) is 6.05. The molecule has 0 saturated carbocycles. The smallest absolute Gasteiger partial charge is 0.200 e. The zero-order valence-corrected chi connectivity index (χ0v) is 11.2. The summed E-state index contributed by atoms with van der Waals surface area (Å²) in [5.41, 5.74) is 0. The van der Waals surface area contributed by atoms with Gasteiger partial charge in [-0.1, -0.05) is 29.8 Å². The van der Waals surface area contributed by atoms with Crippen LogP contribution in [0.25, 0.3) is 0 Å². The number of carbonyl (C=O) groups excluding carboxylic acids is 1. The minimum atomic E-state index is -1.08. The largest absolute Gasteiger partial charge is 0.483 e. The lowest BCUT2D eigenvalue weighted by molar-refractivity contribution is -0.124. The Balaban J connectivity index is 2.73. The molecule has 1 rings (SSSR count). The van der Waals surface area contributed by atoms with Crippen LogP contribution in [0.3, 0.4) is 0 Å². The Labute approximate surface area is 107 Å². The van der Waals surface area contributed by atoms with Crippen LogP contribution in [-0.2, 0) is 4.79 Å². The molecule has 0 aliphatic rings. The van der Waals surface area contributed by atoms with Crippen molar-refractivity contribution in [1.82, 2.24) is 0 Å². The minimum absolute atomic E-state index is 0.132. The van der Waals surface area contributed by atoms with Crippen LogP contribution in [-0.4, -0.2) is 12.4 Å². The molecule has 17 heavy (non-hydrogen) atoms. The number of benzene rings is 1. The summed E-state index contributed by atoms with van der Waals surface area (Å²) in [5, 5.41) is 0. The van der Waals surface area contributed by atoms with Crippen LogP contribution in [0, 0.1) is 17.6 Å². The van der Waals surface area contributed by atoms with Crippen molar-refractivity contribution in [3.8, 4) is 5.75 Å². The van der Waals surface area contributed by atoms with Crippen molar-refractivity contribution in [3.63, 3.8) is 0 Å². The second-order valence-electron chi connectivity index (χ2n) is 3.76. The molecule has 1 unspecified atom stereocenters. The molecule has 5 heteroatoms. The molecule has 0 fully saturated rings. The molecule has 1 aromatic carbocycles. The predicted molar refractivity (Wildman–Crippen MR) is 64.0 cm³/mol. The number of ketones is 1. The number of Topliss-reactive ketones (excluding diaryl/α,β-unsaturated/α-hetero) is 1. The lowest BCUT2D eigenvalue weighted by Crippen LogP contribution is -2.19. The molecule has 0 aliphatic carbocycles. The Morgan fingerprint density at radius 3 is 2.71 bits per heavy atom. The number of rotatable bonds is 5. The summed E-state index contributed by atoms with van der Waals surface area (Å²) in [7, 11) is 0. The van der Waals surface area contributed by atoms with Crippen molar-refractivity contribution >= 4 is 21.7 Å². The van der Waals surface area contributed by atoms with E-state index in [-0.39, 0.29) is 24.1 Å². The van der Waals surface area contributed by atoms with E-state index in [1.807, 2.05) is 6.92 Å². The van der Waals surface area contributed by atoms with E-state index in [4.69, 9.17) is 4.74 Å². The molecule has 0 aromatic heterocycles. The van der Waals surface area contributed by atoms with E-state index in [1.54, 1.807) is 6.92 Å². The van der Waals surface area contributed by atoms with Gasteiger partial charge in [-0.2, -0.15) is 4.39 Å². The normalized spacial score (nSPS) is 12.3. The van der Waals surface area contributed by atoms with Crippen LogP contribution in [0.15, 0.2) is 16.6 Å². The number of halogens is 3. The molecular weight excluding hydrogens is 294 g/mol. The quantitative estimate of drug-likeness (QED) is 0.775. The molecule has 0 heterocycles. The van der Waals surface area contributed by atoms with Gasteiger partial charge < -0.3 is 4.74 Å². The molecule has 2 nitrogen and oxygen atoms in total. The Bertz CT molecular complexity index is 421. The molecule has 0 amide bonds. The summed E-state index contributed by atoms with van der Waals surface area (Å²) in [6, 6.07) is 2.29. The first kappa shape index (κ1) is 14.1. The van der Waals surface area contributed by atoms with Gasteiger partial charge in [0.25, 0.3) is 0 Å². The maximum Gasteiger partial charge on any atom is 0.200 e. The highest BCUT2D eigenvalue weighted by Crippen LogP contribution is 2.25. The Morgan fingerprint density at radius 2 is 2.12 bits per heavy atom. The molecule has 0 saturated heterocycles. The zero-order chi connectivity index (χ0) is 13.0. The van der Waals surface area contributed by atoms with Gasteiger partial charge in [0, 0.05) is 10.4 Å². The van der Waals surface area contributed by atoms with Crippen molar-refractivity contribution in [2.24, 2.45) is 5.92 Å². The molecule has 0 spiro atoms. The highest BCUT2D eigenvalue weighted by Gasteiger charge is 2.15. The van der Waals surface area contributed by atoms with Crippen LogP contribution in [0.4, 0.5) is 8.78 Å². The van der Waals surface area contributed by atoms with Crippen molar-refractivity contribution in [1.29, 1.82) is 0 Å². The van der Waals surface area contributed by atoms with E-state index in [0.29, 0.717) is 10.9 Å². The average molecular weight is 307 g/mol. The van der Waals surface area contributed by atoms with Gasteiger partial charge in [-0.05, 0) is 18.6 Å². The maximum absolute atomic E-state index is 13.3. The number of ether oxygens (including phenoxy) is 1. The molecule has 0 N–H and O–H groups in total. The van der Waals surface area contributed by atoms with Crippen LogP contribution in [0.1, 0.15) is 20.3 Å². The summed E-state index contributed by atoms with van der Waals surface area (Å²) in [5.74, 6) is -2.62. The summed E-state index contributed by atoms with van der Waals surface area (Å²) in [6.07, 6.45) is 0.692. The third-order valence-corrected chi connectivity index (χ3v) is 2.95. The molecule has 1 atom stereocenters. The average Bonchev–Trinajstić information content (AvgIpc) is 2.30. The summed E-state index contributed by atoms with van der Waals surface area (Å²) in [4.78, 5) is 11.5. The lowest BCUT2D eigenvalue weighted by Gasteiger charge is -2.10. The molecule has 0 aliphatic heterocycles. The van der Waals surface area contributed by atoms with Crippen LogP contribution in [0.2, 0.25) is 0 Å². The van der Waals surface area contributed by atoms with E-state index in [2.05, 4.69) is 15.9 Å². The van der Waals surface area contributed by atoms with Crippen molar-refractivity contribution in [2.75, 3.05) is 6.61 Å². The lowest BCUT2D eigenvalue weighted by atomic mass is 10.1. The van der Waals surface area contributed by atoms with Crippen molar-refractivity contribution < 1.29 is 18.3 Å². The van der Waals surface area contributed by atoms with Gasteiger partial charge in [0.1, 0.15) is 6.61 Å². The van der Waals surface area contributed by atoms with E-state index in [1.165, 1.54) is 6.07 Å². The van der Waals surface area contributed by atoms with Gasteiger partial charge in [0.15, 0.2) is 17.3 Å². The fourth-order valence-electron chi connectivity index (χ4n) is 1.16. The standard InChI is InChI=1S/C12H13BrF2O2/c1-3-7(2)10(16)6-17-11-5-8(13)4-9(14)12(11)15/h4-5,7H,3,6H2,1-2H3. The van der Waals surface area contributed by atoms with E-state index in [9.17, 15) is 13.6 Å². The first-order chi connectivity index (χ1) is 7.95. The highest BCUT2D eigenvalue weighted by molar-refractivity contribution is 9.10. The predicted octanol–water partition coefficient (Wildman–Crippen LogP) is 3.72. The monoisotopic (exact) mass is 306 g/mol. The van der Waals surface area contributed by atoms with Gasteiger partial charge in [-0.25, -0.2) is 4.39 Å². The van der Waals surface area contributed by atoms with Crippen molar-refractivity contribution in [2.45, 2.75) is 20.3 Å². The zero-order valence-electron chi connectivity index (χ0n) is 9.60. The third-order valence-electron chi connectivity index (χ3n) is 2.49. The molecular formula is C12H13BrF2O2. The number of hydrogen-bond acceptors (Lipinski definition) is 2. The highest BCUT2D eigenvalue weighted by atomic mass is 79.9. The van der Waals surface area contributed by atoms with Gasteiger partial charge in [0.05, 0.1) is 0 Å². The topological polar surface area (TPSA) is 26.3 Å². The third kappa shape index (κ3) is 3.77. The minimum Gasteiger partial charge on any atom is -0.483 e. The first-order valence-electron chi connectivity index (χ1n) is 5.25. The Kier molecular flexibility index (Phi) is 5.05. The SMILES string of the molecule is CCC(C)C(=O)COc1cc(Br)cc(F)c1F. The number of hydrogen-bond donors (Lipinski definition) is 0. The van der Waals surface area contributed by atoms with Gasteiger partial charge in [-0.3, -0.25) is 4.79 Å². The van der Waals surface area contributed by atoms with E-state index >= 15 is 0 Å². The molecule has 0 radical (unpaired) electrons. The Morgan fingerprint density at radius 1 is 1.47 bits per heavy atom. The summed E-state index contributed by atoms with van der Waals surface area (Å²) >= 11 is 3.03. The summed E-state index contributed by atoms with van der Waals surface area (Å²) < 4.78 is 31.7.